The highest BCUT2D eigenvalue weighted by Crippen LogP contribution is 2.17. The van der Waals surface area contributed by atoms with E-state index in [9.17, 15) is 9.59 Å². The summed E-state index contributed by atoms with van der Waals surface area (Å²) in [6.07, 6.45) is 0. The van der Waals surface area contributed by atoms with Crippen molar-refractivity contribution in [2.24, 2.45) is 5.84 Å². The van der Waals surface area contributed by atoms with E-state index >= 15 is 0 Å². The zero-order chi connectivity index (χ0) is 13.0. The predicted molar refractivity (Wildman–Crippen MR) is 68.1 cm³/mol. The fraction of sp³-hybridized carbons (Fsp3) is 0.0769. The van der Waals surface area contributed by atoms with Crippen molar-refractivity contribution in [1.29, 1.82) is 0 Å². The minimum Gasteiger partial charge on any atom is -0.344 e. The number of carbonyl (C=O) groups excluding carboxylic acids is 2. The molecule has 2 aromatic rings. The van der Waals surface area contributed by atoms with Gasteiger partial charge in [0.1, 0.15) is 0 Å². The van der Waals surface area contributed by atoms with Gasteiger partial charge in [-0.05, 0) is 16.3 Å². The molecular formula is C13H13N3O2. The fourth-order valence-corrected chi connectivity index (χ4v) is 1.77. The minimum absolute atomic E-state index is 0.285. The Morgan fingerprint density at radius 1 is 1.00 bits per heavy atom. The molecular weight excluding hydrogens is 230 g/mol. The Kier molecular flexibility index (Phi) is 3.54. The lowest BCUT2D eigenvalue weighted by molar-refractivity contribution is -0.139. The van der Waals surface area contributed by atoms with Crippen LogP contribution in [0.2, 0.25) is 0 Å². The summed E-state index contributed by atoms with van der Waals surface area (Å²) in [7, 11) is 0. The van der Waals surface area contributed by atoms with Crippen molar-refractivity contribution in [2.75, 3.05) is 0 Å². The quantitative estimate of drug-likeness (QED) is 0.310. The average Bonchev–Trinajstić information content (AvgIpc) is 2.43. The summed E-state index contributed by atoms with van der Waals surface area (Å²) in [5.41, 5.74) is 2.74. The van der Waals surface area contributed by atoms with Crippen LogP contribution in [0.4, 0.5) is 0 Å². The molecule has 0 fully saturated rings. The molecule has 0 aromatic heterocycles. The lowest BCUT2D eigenvalue weighted by Crippen LogP contribution is -2.42. The van der Waals surface area contributed by atoms with Crippen molar-refractivity contribution >= 4 is 22.6 Å². The summed E-state index contributed by atoms with van der Waals surface area (Å²) in [4.78, 5) is 22.2. The van der Waals surface area contributed by atoms with Crippen molar-refractivity contribution in [2.45, 2.75) is 6.54 Å². The molecule has 0 bridgehead atoms. The van der Waals surface area contributed by atoms with Crippen LogP contribution in [0.1, 0.15) is 5.56 Å². The SMILES string of the molecule is NNC(=O)C(=O)NCc1cccc2ccccc12. The standard InChI is InChI=1S/C13H13N3O2/c14-16-13(18)12(17)15-8-10-6-3-5-9-4-1-2-7-11(9)10/h1-7H,8,14H2,(H,15,17)(H,16,18). The number of fused-ring (bicyclic) bond motifs is 1. The zero-order valence-electron chi connectivity index (χ0n) is 9.64. The first kappa shape index (κ1) is 12.1. The van der Waals surface area contributed by atoms with Crippen molar-refractivity contribution in [3.63, 3.8) is 0 Å². The normalized spacial score (nSPS) is 10.1. The summed E-state index contributed by atoms with van der Waals surface area (Å²) in [5.74, 6) is 3.28. The Labute approximate surface area is 104 Å². The number of amides is 2. The molecule has 4 N–H and O–H groups in total. The number of carbonyl (C=O) groups is 2. The summed E-state index contributed by atoms with van der Waals surface area (Å²) < 4.78 is 0. The van der Waals surface area contributed by atoms with Gasteiger partial charge in [0.15, 0.2) is 0 Å². The number of nitrogens with two attached hydrogens (primary N) is 1. The van der Waals surface area contributed by atoms with E-state index in [1.165, 1.54) is 0 Å². The van der Waals surface area contributed by atoms with Crippen LogP contribution in [0.25, 0.3) is 10.8 Å². The molecule has 92 valence electrons. The van der Waals surface area contributed by atoms with Crippen LogP contribution in [-0.4, -0.2) is 11.8 Å². The minimum atomic E-state index is -0.852. The molecule has 2 rings (SSSR count). The van der Waals surface area contributed by atoms with Gasteiger partial charge in [0, 0.05) is 6.54 Å². The predicted octanol–water partition coefficient (Wildman–Crippen LogP) is 0.446. The number of hydrazine groups is 1. The van der Waals surface area contributed by atoms with E-state index in [-0.39, 0.29) is 6.54 Å². The smallest absolute Gasteiger partial charge is 0.323 e. The fourth-order valence-electron chi connectivity index (χ4n) is 1.77. The Balaban J connectivity index is 2.17. The molecule has 0 aliphatic carbocycles. The van der Waals surface area contributed by atoms with Crippen LogP contribution < -0.4 is 16.6 Å². The summed E-state index contributed by atoms with van der Waals surface area (Å²) in [6, 6.07) is 13.7. The maximum absolute atomic E-state index is 11.3. The van der Waals surface area contributed by atoms with E-state index in [4.69, 9.17) is 5.84 Å². The first-order valence-electron chi connectivity index (χ1n) is 5.48. The molecule has 5 heteroatoms. The molecule has 0 aliphatic rings. The van der Waals surface area contributed by atoms with Gasteiger partial charge in [-0.15, -0.1) is 0 Å². The first-order valence-corrected chi connectivity index (χ1v) is 5.48. The third kappa shape index (κ3) is 2.46. The molecule has 0 atom stereocenters. The van der Waals surface area contributed by atoms with Gasteiger partial charge in [-0.25, -0.2) is 5.84 Å². The molecule has 0 saturated heterocycles. The molecule has 18 heavy (non-hydrogen) atoms. The second-order valence-electron chi connectivity index (χ2n) is 3.79. The molecule has 0 spiro atoms. The molecule has 2 amide bonds. The number of rotatable bonds is 2. The van der Waals surface area contributed by atoms with Crippen LogP contribution >= 0.6 is 0 Å². The van der Waals surface area contributed by atoms with Crippen molar-refractivity contribution in [1.82, 2.24) is 10.7 Å². The monoisotopic (exact) mass is 243 g/mol. The Morgan fingerprint density at radius 3 is 2.50 bits per heavy atom. The van der Waals surface area contributed by atoms with E-state index in [1.807, 2.05) is 42.5 Å². The maximum Gasteiger partial charge on any atom is 0.323 e. The highest BCUT2D eigenvalue weighted by atomic mass is 16.2. The highest BCUT2D eigenvalue weighted by molar-refractivity contribution is 6.34. The summed E-state index contributed by atoms with van der Waals surface area (Å²) in [5, 5.41) is 4.65. The van der Waals surface area contributed by atoms with E-state index in [1.54, 1.807) is 5.43 Å². The topological polar surface area (TPSA) is 84.2 Å². The number of nitrogens with one attached hydrogen (secondary N) is 2. The lowest BCUT2D eigenvalue weighted by Gasteiger charge is -2.07. The molecule has 0 heterocycles. The van der Waals surface area contributed by atoms with Gasteiger partial charge >= 0.3 is 11.8 Å². The molecule has 0 unspecified atom stereocenters. The second kappa shape index (κ2) is 5.29. The maximum atomic E-state index is 11.3. The molecule has 2 aromatic carbocycles. The van der Waals surface area contributed by atoms with Crippen LogP contribution in [0.5, 0.6) is 0 Å². The first-order chi connectivity index (χ1) is 8.72. The van der Waals surface area contributed by atoms with Crippen molar-refractivity contribution in [3.05, 3.63) is 48.0 Å². The van der Waals surface area contributed by atoms with Gasteiger partial charge < -0.3 is 5.32 Å². The molecule has 0 radical (unpaired) electrons. The van der Waals surface area contributed by atoms with Gasteiger partial charge in [-0.2, -0.15) is 0 Å². The van der Waals surface area contributed by atoms with Gasteiger partial charge in [0.05, 0.1) is 0 Å². The highest BCUT2D eigenvalue weighted by Gasteiger charge is 2.11. The second-order valence-corrected chi connectivity index (χ2v) is 3.79. The van der Waals surface area contributed by atoms with Crippen LogP contribution in [0.15, 0.2) is 42.5 Å². The summed E-state index contributed by atoms with van der Waals surface area (Å²) in [6.45, 7) is 0.285. The Bertz CT molecular complexity index is 590. The zero-order valence-corrected chi connectivity index (χ0v) is 9.64. The Morgan fingerprint density at radius 2 is 1.72 bits per heavy atom. The molecule has 5 nitrogen and oxygen atoms in total. The Hall–Kier alpha value is -2.40. The average molecular weight is 243 g/mol. The van der Waals surface area contributed by atoms with E-state index < -0.39 is 11.8 Å². The van der Waals surface area contributed by atoms with Gasteiger partial charge in [0.2, 0.25) is 0 Å². The number of hydrogen-bond acceptors (Lipinski definition) is 3. The van der Waals surface area contributed by atoms with Crippen LogP contribution in [0.3, 0.4) is 0 Å². The lowest BCUT2D eigenvalue weighted by atomic mass is 10.0. The van der Waals surface area contributed by atoms with E-state index in [2.05, 4.69) is 5.32 Å². The molecule has 0 saturated carbocycles. The number of benzene rings is 2. The van der Waals surface area contributed by atoms with Crippen LogP contribution in [-0.2, 0) is 16.1 Å². The van der Waals surface area contributed by atoms with Crippen molar-refractivity contribution < 1.29 is 9.59 Å². The van der Waals surface area contributed by atoms with Gasteiger partial charge in [0.25, 0.3) is 0 Å². The van der Waals surface area contributed by atoms with Crippen LogP contribution in [0, 0.1) is 0 Å². The van der Waals surface area contributed by atoms with Crippen molar-refractivity contribution in [3.8, 4) is 0 Å². The van der Waals surface area contributed by atoms with Gasteiger partial charge in [-0.1, -0.05) is 42.5 Å². The van der Waals surface area contributed by atoms with Gasteiger partial charge in [-0.3, -0.25) is 15.0 Å². The van der Waals surface area contributed by atoms with E-state index in [0.717, 1.165) is 16.3 Å². The largest absolute Gasteiger partial charge is 0.344 e. The van der Waals surface area contributed by atoms with E-state index in [0.29, 0.717) is 0 Å². The number of hydrogen-bond donors (Lipinski definition) is 3. The third-order valence-electron chi connectivity index (χ3n) is 2.66. The summed E-state index contributed by atoms with van der Waals surface area (Å²) >= 11 is 0. The third-order valence-corrected chi connectivity index (χ3v) is 2.66. The molecule has 0 aliphatic heterocycles.